The highest BCUT2D eigenvalue weighted by molar-refractivity contribution is 7.09. The lowest BCUT2D eigenvalue weighted by Crippen LogP contribution is -2.32. The normalized spacial score (nSPS) is 13.5. The van der Waals surface area contributed by atoms with Crippen LogP contribution in [0.2, 0.25) is 0 Å². The lowest BCUT2D eigenvalue weighted by atomic mass is 10.0. The number of benzene rings is 2. The van der Waals surface area contributed by atoms with Crippen molar-refractivity contribution in [1.29, 1.82) is 0 Å². The third-order valence-corrected chi connectivity index (χ3v) is 5.44. The van der Waals surface area contributed by atoms with Gasteiger partial charge >= 0.3 is 5.97 Å². The Hall–Kier alpha value is -2.73. The summed E-state index contributed by atoms with van der Waals surface area (Å²) in [5.74, 6) is -0.402. The summed E-state index contributed by atoms with van der Waals surface area (Å²) in [5.41, 5.74) is 1.02. The SMILES string of the molecule is CCOC(=O)c1csc(CN(C(=O)c2cccc3ccccc23)C2CC2)n1. The highest BCUT2D eigenvalue weighted by Gasteiger charge is 2.34. The van der Waals surface area contributed by atoms with E-state index in [1.165, 1.54) is 11.3 Å². The number of hydrogen-bond donors (Lipinski definition) is 0. The molecule has 27 heavy (non-hydrogen) atoms. The molecule has 1 saturated carbocycles. The first-order valence-electron chi connectivity index (χ1n) is 9.07. The number of carbonyl (C=O) groups is 2. The summed E-state index contributed by atoms with van der Waals surface area (Å²) < 4.78 is 5.00. The molecule has 3 aromatic rings. The first kappa shape index (κ1) is 17.7. The van der Waals surface area contributed by atoms with Gasteiger partial charge in [0, 0.05) is 17.0 Å². The van der Waals surface area contributed by atoms with Gasteiger partial charge in [-0.25, -0.2) is 9.78 Å². The number of fused-ring (bicyclic) bond motifs is 1. The Kier molecular flexibility index (Phi) is 4.90. The predicted octanol–water partition coefficient (Wildman–Crippen LogP) is 4.28. The van der Waals surface area contributed by atoms with Gasteiger partial charge in [0.1, 0.15) is 5.01 Å². The zero-order valence-electron chi connectivity index (χ0n) is 15.1. The topological polar surface area (TPSA) is 59.5 Å². The van der Waals surface area contributed by atoms with Crippen LogP contribution in [-0.2, 0) is 11.3 Å². The first-order chi connectivity index (χ1) is 13.2. The van der Waals surface area contributed by atoms with Gasteiger partial charge in [0.25, 0.3) is 5.91 Å². The molecule has 1 fully saturated rings. The van der Waals surface area contributed by atoms with E-state index >= 15 is 0 Å². The van der Waals surface area contributed by atoms with Gasteiger partial charge in [-0.3, -0.25) is 4.79 Å². The van der Waals surface area contributed by atoms with E-state index in [2.05, 4.69) is 4.98 Å². The maximum absolute atomic E-state index is 13.3. The van der Waals surface area contributed by atoms with Gasteiger partial charge in [0.05, 0.1) is 13.2 Å². The van der Waals surface area contributed by atoms with Crippen molar-refractivity contribution in [2.24, 2.45) is 0 Å². The van der Waals surface area contributed by atoms with E-state index in [0.717, 1.165) is 28.6 Å². The number of carbonyl (C=O) groups excluding carboxylic acids is 2. The van der Waals surface area contributed by atoms with E-state index in [4.69, 9.17) is 4.74 Å². The summed E-state index contributed by atoms with van der Waals surface area (Å²) in [6.45, 7) is 2.50. The molecule has 0 aliphatic heterocycles. The molecule has 0 spiro atoms. The number of nitrogens with zero attached hydrogens (tertiary/aromatic N) is 2. The van der Waals surface area contributed by atoms with Crippen molar-refractivity contribution in [2.75, 3.05) is 6.61 Å². The Bertz CT molecular complexity index is 989. The van der Waals surface area contributed by atoms with E-state index in [9.17, 15) is 9.59 Å². The molecule has 1 aromatic heterocycles. The second kappa shape index (κ2) is 7.48. The van der Waals surface area contributed by atoms with Crippen LogP contribution in [0.25, 0.3) is 10.8 Å². The molecule has 1 heterocycles. The van der Waals surface area contributed by atoms with Crippen molar-refractivity contribution in [1.82, 2.24) is 9.88 Å². The standard InChI is InChI=1S/C21H20N2O3S/c1-2-26-21(25)18-13-27-19(22-18)12-23(15-10-11-15)20(24)17-9-5-7-14-6-3-4-8-16(14)17/h3-9,13,15H,2,10-12H2,1H3. The summed E-state index contributed by atoms with van der Waals surface area (Å²) in [4.78, 5) is 31.4. The second-order valence-electron chi connectivity index (χ2n) is 6.54. The molecule has 1 aliphatic carbocycles. The van der Waals surface area contributed by atoms with Gasteiger partial charge < -0.3 is 9.64 Å². The fourth-order valence-corrected chi connectivity index (χ4v) is 3.91. The van der Waals surface area contributed by atoms with Crippen LogP contribution in [0.4, 0.5) is 0 Å². The Morgan fingerprint density at radius 2 is 1.96 bits per heavy atom. The van der Waals surface area contributed by atoms with Gasteiger partial charge in [-0.05, 0) is 36.6 Å². The molecule has 5 nitrogen and oxygen atoms in total. The van der Waals surface area contributed by atoms with Crippen molar-refractivity contribution < 1.29 is 14.3 Å². The van der Waals surface area contributed by atoms with Crippen LogP contribution >= 0.6 is 11.3 Å². The van der Waals surface area contributed by atoms with Crippen molar-refractivity contribution >= 4 is 34.0 Å². The molecule has 4 rings (SSSR count). The Balaban J connectivity index is 1.60. The lowest BCUT2D eigenvalue weighted by Gasteiger charge is -2.22. The van der Waals surface area contributed by atoms with Gasteiger partial charge in [0.2, 0.25) is 0 Å². The number of ether oxygens (including phenoxy) is 1. The molecule has 0 radical (unpaired) electrons. The molecule has 1 aliphatic rings. The summed E-state index contributed by atoms with van der Waals surface area (Å²) >= 11 is 1.39. The van der Waals surface area contributed by atoms with Crippen LogP contribution < -0.4 is 0 Å². The van der Waals surface area contributed by atoms with Crippen molar-refractivity contribution in [3.63, 3.8) is 0 Å². The summed E-state index contributed by atoms with van der Waals surface area (Å²) in [7, 11) is 0. The zero-order chi connectivity index (χ0) is 18.8. The van der Waals surface area contributed by atoms with Crippen molar-refractivity contribution in [3.05, 3.63) is 64.1 Å². The van der Waals surface area contributed by atoms with Gasteiger partial charge in [-0.1, -0.05) is 36.4 Å². The van der Waals surface area contributed by atoms with Crippen molar-refractivity contribution in [2.45, 2.75) is 32.4 Å². The van der Waals surface area contributed by atoms with E-state index in [1.54, 1.807) is 12.3 Å². The summed E-state index contributed by atoms with van der Waals surface area (Å²) in [6, 6.07) is 14.0. The fourth-order valence-electron chi connectivity index (χ4n) is 3.15. The smallest absolute Gasteiger partial charge is 0.357 e. The highest BCUT2D eigenvalue weighted by atomic mass is 32.1. The van der Waals surface area contributed by atoms with Gasteiger partial charge in [0.15, 0.2) is 5.69 Å². The van der Waals surface area contributed by atoms with Gasteiger partial charge in [-0.2, -0.15) is 0 Å². The van der Waals surface area contributed by atoms with Crippen LogP contribution in [0.15, 0.2) is 47.8 Å². The number of esters is 1. The van der Waals surface area contributed by atoms with E-state index in [0.29, 0.717) is 24.4 Å². The Labute approximate surface area is 161 Å². The zero-order valence-corrected chi connectivity index (χ0v) is 15.9. The molecule has 0 bridgehead atoms. The quantitative estimate of drug-likeness (QED) is 0.599. The van der Waals surface area contributed by atoms with Crippen LogP contribution in [0.5, 0.6) is 0 Å². The molecule has 0 saturated heterocycles. The number of aromatic nitrogens is 1. The molecule has 6 heteroatoms. The van der Waals surface area contributed by atoms with E-state index < -0.39 is 5.97 Å². The fraction of sp³-hybridized carbons (Fsp3) is 0.286. The molecule has 0 atom stereocenters. The molecule has 1 amide bonds. The van der Waals surface area contributed by atoms with Crippen LogP contribution in [-0.4, -0.2) is 34.4 Å². The highest BCUT2D eigenvalue weighted by Crippen LogP contribution is 2.32. The van der Waals surface area contributed by atoms with Crippen LogP contribution in [0.3, 0.4) is 0 Å². The Morgan fingerprint density at radius 3 is 2.74 bits per heavy atom. The summed E-state index contributed by atoms with van der Waals surface area (Å²) in [6.07, 6.45) is 2.01. The van der Waals surface area contributed by atoms with E-state index in [-0.39, 0.29) is 11.9 Å². The maximum Gasteiger partial charge on any atom is 0.357 e. The molecular weight excluding hydrogens is 360 g/mol. The second-order valence-corrected chi connectivity index (χ2v) is 7.48. The van der Waals surface area contributed by atoms with Gasteiger partial charge in [-0.15, -0.1) is 11.3 Å². The number of amides is 1. The van der Waals surface area contributed by atoms with Crippen LogP contribution in [0.1, 0.15) is 45.6 Å². The average molecular weight is 380 g/mol. The average Bonchev–Trinajstić information content (AvgIpc) is 3.42. The van der Waals surface area contributed by atoms with Crippen molar-refractivity contribution in [3.8, 4) is 0 Å². The monoisotopic (exact) mass is 380 g/mol. The van der Waals surface area contributed by atoms with Crippen LogP contribution in [0, 0.1) is 0 Å². The largest absolute Gasteiger partial charge is 0.461 e. The minimum atomic E-state index is -0.418. The predicted molar refractivity (Wildman–Crippen MR) is 105 cm³/mol. The third-order valence-electron chi connectivity index (χ3n) is 4.61. The molecular formula is C21H20N2O3S. The maximum atomic E-state index is 13.3. The number of hydrogen-bond acceptors (Lipinski definition) is 5. The number of rotatable bonds is 6. The molecule has 0 N–H and O–H groups in total. The van der Waals surface area contributed by atoms with E-state index in [1.807, 2.05) is 47.4 Å². The first-order valence-corrected chi connectivity index (χ1v) is 9.95. The molecule has 2 aromatic carbocycles. The lowest BCUT2D eigenvalue weighted by molar-refractivity contribution is 0.0520. The molecule has 0 unspecified atom stereocenters. The molecule has 138 valence electrons. The Morgan fingerprint density at radius 1 is 1.19 bits per heavy atom. The minimum Gasteiger partial charge on any atom is -0.461 e. The summed E-state index contributed by atoms with van der Waals surface area (Å²) in [5, 5.41) is 4.46. The number of thiazole rings is 1. The third kappa shape index (κ3) is 3.71. The minimum absolute atomic E-state index is 0.0159.